The van der Waals surface area contributed by atoms with E-state index in [0.29, 0.717) is 17.9 Å². The molecule has 0 aromatic heterocycles. The number of benzene rings is 1. The van der Waals surface area contributed by atoms with Crippen molar-refractivity contribution >= 4 is 5.91 Å². The van der Waals surface area contributed by atoms with E-state index >= 15 is 0 Å². The number of nitrogens with zero attached hydrogens (tertiary/aromatic N) is 1. The van der Waals surface area contributed by atoms with Gasteiger partial charge >= 0.3 is 0 Å². The van der Waals surface area contributed by atoms with Crippen LogP contribution in [0.1, 0.15) is 36.5 Å². The van der Waals surface area contributed by atoms with E-state index in [1.807, 2.05) is 6.07 Å². The van der Waals surface area contributed by atoms with E-state index in [1.165, 1.54) is 19.3 Å². The minimum Gasteiger partial charge on any atom is -0.491 e. The van der Waals surface area contributed by atoms with Crippen LogP contribution in [0.3, 0.4) is 0 Å². The van der Waals surface area contributed by atoms with E-state index in [0.717, 1.165) is 25.6 Å². The molecule has 1 aromatic rings. The van der Waals surface area contributed by atoms with Gasteiger partial charge in [-0.1, -0.05) is 19.1 Å². The van der Waals surface area contributed by atoms with E-state index < -0.39 is 0 Å². The van der Waals surface area contributed by atoms with Crippen molar-refractivity contribution in [2.24, 2.45) is 11.8 Å². The highest BCUT2D eigenvalue weighted by Gasteiger charge is 2.14. The maximum Gasteiger partial charge on any atom is 0.268 e. The normalized spacial score (nSPS) is 19.8. The summed E-state index contributed by atoms with van der Waals surface area (Å²) in [5, 5.41) is 0. The molecule has 3 N–H and O–H groups in total. The Hall–Kier alpha value is -1.59. The number of hydrogen-bond donors (Lipinski definition) is 2. The van der Waals surface area contributed by atoms with Gasteiger partial charge in [0.25, 0.3) is 5.91 Å². The molecule has 116 valence electrons. The zero-order chi connectivity index (χ0) is 15.1. The van der Waals surface area contributed by atoms with Crippen molar-refractivity contribution in [3.63, 3.8) is 0 Å². The number of carbonyl (C=O) groups excluding carboxylic acids is 1. The highest BCUT2D eigenvalue weighted by Crippen LogP contribution is 2.19. The number of hydrazine groups is 1. The molecule has 0 spiro atoms. The van der Waals surface area contributed by atoms with Crippen molar-refractivity contribution in [3.05, 3.63) is 29.8 Å². The van der Waals surface area contributed by atoms with Crippen molar-refractivity contribution in [3.8, 4) is 5.75 Å². The number of carbonyl (C=O) groups is 1. The summed E-state index contributed by atoms with van der Waals surface area (Å²) < 4.78 is 5.77. The molecule has 1 saturated heterocycles. The van der Waals surface area contributed by atoms with Crippen LogP contribution in [0, 0.1) is 5.92 Å². The van der Waals surface area contributed by atoms with Gasteiger partial charge in [-0.2, -0.15) is 0 Å². The summed E-state index contributed by atoms with van der Waals surface area (Å²) in [6.07, 6.45) is 3.83. The average Bonchev–Trinajstić information content (AvgIpc) is 2.72. The summed E-state index contributed by atoms with van der Waals surface area (Å²) in [6.45, 7) is 6.07. The Morgan fingerprint density at radius 2 is 2.19 bits per heavy atom. The van der Waals surface area contributed by atoms with Gasteiger partial charge in [0.1, 0.15) is 12.4 Å². The lowest BCUT2D eigenvalue weighted by atomic mass is 10.0. The van der Waals surface area contributed by atoms with Crippen LogP contribution < -0.4 is 16.0 Å². The van der Waals surface area contributed by atoms with E-state index in [1.54, 1.807) is 18.2 Å². The molecule has 0 bridgehead atoms. The molecule has 0 saturated carbocycles. The Kier molecular flexibility index (Phi) is 6.02. The summed E-state index contributed by atoms with van der Waals surface area (Å²) in [6, 6.07) is 7.17. The van der Waals surface area contributed by atoms with Gasteiger partial charge in [0.05, 0.1) is 5.56 Å². The summed E-state index contributed by atoms with van der Waals surface area (Å²) in [7, 11) is 0. The highest BCUT2D eigenvalue weighted by atomic mass is 16.5. The predicted octanol–water partition coefficient (Wildman–Crippen LogP) is 1.79. The Labute approximate surface area is 126 Å². The predicted molar refractivity (Wildman–Crippen MR) is 83.0 cm³/mol. The van der Waals surface area contributed by atoms with Crippen LogP contribution in [-0.4, -0.2) is 37.0 Å². The molecule has 2 rings (SSSR count). The second kappa shape index (κ2) is 8.00. The average molecular weight is 291 g/mol. The van der Waals surface area contributed by atoms with Crippen LogP contribution in [0.25, 0.3) is 0 Å². The number of nitrogen functional groups attached to an aromatic ring is 1. The molecule has 1 aliphatic rings. The Bertz CT molecular complexity index is 465. The maximum atomic E-state index is 11.7. The van der Waals surface area contributed by atoms with Crippen molar-refractivity contribution in [2.75, 3.05) is 26.2 Å². The van der Waals surface area contributed by atoms with Crippen LogP contribution in [0.15, 0.2) is 24.3 Å². The monoisotopic (exact) mass is 291 g/mol. The SMILES string of the molecule is CC1CCCN(CCOc2ccccc2C(=O)NN)CC1. The molecule has 1 atom stereocenters. The minimum atomic E-state index is -0.325. The van der Waals surface area contributed by atoms with E-state index in [-0.39, 0.29) is 5.91 Å². The first kappa shape index (κ1) is 15.8. The number of ether oxygens (including phenoxy) is 1. The lowest BCUT2D eigenvalue weighted by Crippen LogP contribution is -2.31. The lowest BCUT2D eigenvalue weighted by Gasteiger charge is -2.20. The first-order valence-corrected chi connectivity index (χ1v) is 7.66. The Balaban J connectivity index is 1.84. The molecule has 1 aromatic carbocycles. The number of nitrogens with one attached hydrogen (secondary N) is 1. The van der Waals surface area contributed by atoms with Crippen molar-refractivity contribution in [1.82, 2.24) is 10.3 Å². The molecular weight excluding hydrogens is 266 g/mol. The standard InChI is InChI=1S/C16H25N3O2/c1-13-5-4-9-19(10-8-13)11-12-21-15-7-3-2-6-14(15)16(20)18-17/h2-3,6-7,13H,4-5,8-12,17H2,1H3,(H,18,20). The fraction of sp³-hybridized carbons (Fsp3) is 0.562. The second-order valence-corrected chi connectivity index (χ2v) is 5.70. The van der Waals surface area contributed by atoms with Gasteiger partial charge in [0.2, 0.25) is 0 Å². The molecule has 5 nitrogen and oxygen atoms in total. The smallest absolute Gasteiger partial charge is 0.268 e. The van der Waals surface area contributed by atoms with Crippen molar-refractivity contribution in [2.45, 2.75) is 26.2 Å². The third kappa shape index (κ3) is 4.72. The third-order valence-corrected chi connectivity index (χ3v) is 4.04. The molecule has 1 aliphatic heterocycles. The van der Waals surface area contributed by atoms with E-state index in [4.69, 9.17) is 10.6 Å². The fourth-order valence-corrected chi connectivity index (χ4v) is 2.69. The van der Waals surface area contributed by atoms with Crippen molar-refractivity contribution < 1.29 is 9.53 Å². The second-order valence-electron chi connectivity index (χ2n) is 5.70. The molecule has 1 amide bonds. The topological polar surface area (TPSA) is 67.6 Å². The van der Waals surface area contributed by atoms with Crippen LogP contribution >= 0.6 is 0 Å². The number of rotatable bonds is 5. The molecule has 0 radical (unpaired) electrons. The Morgan fingerprint density at radius 3 is 3.00 bits per heavy atom. The van der Waals surface area contributed by atoms with Gasteiger partial charge < -0.3 is 4.74 Å². The number of nitrogens with two attached hydrogens (primary N) is 1. The summed E-state index contributed by atoms with van der Waals surface area (Å²) in [5.41, 5.74) is 2.62. The molecule has 5 heteroatoms. The molecular formula is C16H25N3O2. The van der Waals surface area contributed by atoms with Gasteiger partial charge in [-0.05, 0) is 50.4 Å². The van der Waals surface area contributed by atoms with Crippen LogP contribution in [0.5, 0.6) is 5.75 Å². The van der Waals surface area contributed by atoms with Crippen LogP contribution in [-0.2, 0) is 0 Å². The molecule has 1 fully saturated rings. The largest absolute Gasteiger partial charge is 0.491 e. The summed E-state index contributed by atoms with van der Waals surface area (Å²) in [5.74, 6) is 6.27. The number of hydrogen-bond acceptors (Lipinski definition) is 4. The summed E-state index contributed by atoms with van der Waals surface area (Å²) >= 11 is 0. The first-order chi connectivity index (χ1) is 10.2. The van der Waals surface area contributed by atoms with Crippen LogP contribution in [0.4, 0.5) is 0 Å². The molecule has 1 heterocycles. The molecule has 0 aliphatic carbocycles. The maximum absolute atomic E-state index is 11.7. The van der Waals surface area contributed by atoms with Crippen molar-refractivity contribution in [1.29, 1.82) is 0 Å². The third-order valence-electron chi connectivity index (χ3n) is 4.04. The molecule has 1 unspecified atom stereocenters. The zero-order valence-electron chi connectivity index (χ0n) is 12.7. The Morgan fingerprint density at radius 1 is 1.38 bits per heavy atom. The summed E-state index contributed by atoms with van der Waals surface area (Å²) in [4.78, 5) is 14.1. The first-order valence-electron chi connectivity index (χ1n) is 7.66. The fourth-order valence-electron chi connectivity index (χ4n) is 2.69. The zero-order valence-corrected chi connectivity index (χ0v) is 12.7. The van der Waals surface area contributed by atoms with Gasteiger partial charge in [-0.3, -0.25) is 15.1 Å². The number of amides is 1. The molecule has 21 heavy (non-hydrogen) atoms. The van der Waals surface area contributed by atoms with E-state index in [2.05, 4.69) is 17.2 Å². The lowest BCUT2D eigenvalue weighted by molar-refractivity contribution is 0.0948. The van der Waals surface area contributed by atoms with Gasteiger partial charge in [0.15, 0.2) is 0 Å². The van der Waals surface area contributed by atoms with Gasteiger partial charge in [0, 0.05) is 6.54 Å². The van der Waals surface area contributed by atoms with Gasteiger partial charge in [-0.15, -0.1) is 0 Å². The van der Waals surface area contributed by atoms with Crippen LogP contribution in [0.2, 0.25) is 0 Å². The van der Waals surface area contributed by atoms with Gasteiger partial charge in [-0.25, -0.2) is 5.84 Å². The van der Waals surface area contributed by atoms with E-state index in [9.17, 15) is 4.79 Å². The number of likely N-dealkylation sites (tertiary alicyclic amines) is 1. The highest BCUT2D eigenvalue weighted by molar-refractivity contribution is 5.96. The minimum absolute atomic E-state index is 0.325. The number of para-hydroxylation sites is 1. The quantitative estimate of drug-likeness (QED) is 0.493.